The molecule has 0 aliphatic rings. The Morgan fingerprint density at radius 2 is 2.12 bits per heavy atom. The second-order valence-corrected chi connectivity index (χ2v) is 3.68. The van der Waals surface area contributed by atoms with Gasteiger partial charge < -0.3 is 10.5 Å². The molecular weight excluding hydrogens is 200 g/mol. The van der Waals surface area contributed by atoms with Crippen LogP contribution in [0.2, 0.25) is 0 Å². The molecule has 0 spiro atoms. The van der Waals surface area contributed by atoms with E-state index in [0.717, 1.165) is 27.9 Å². The summed E-state index contributed by atoms with van der Waals surface area (Å²) in [5, 5.41) is 1.02. The van der Waals surface area contributed by atoms with Gasteiger partial charge in [-0.3, -0.25) is 0 Å². The molecule has 16 heavy (non-hydrogen) atoms. The maximum Gasteiger partial charge on any atom is 0.121 e. The van der Waals surface area contributed by atoms with E-state index in [1.54, 1.807) is 19.3 Å². The molecule has 2 N–H and O–H groups in total. The second kappa shape index (κ2) is 3.85. The molecule has 0 amide bonds. The SMILES string of the molecule is C=Cc1cc(C)c2cc(OC)cc(N)c2n1. The van der Waals surface area contributed by atoms with Crippen molar-refractivity contribution in [1.82, 2.24) is 4.98 Å². The van der Waals surface area contributed by atoms with Gasteiger partial charge in [0.2, 0.25) is 0 Å². The van der Waals surface area contributed by atoms with E-state index in [1.807, 2.05) is 19.1 Å². The highest BCUT2D eigenvalue weighted by atomic mass is 16.5. The van der Waals surface area contributed by atoms with Crippen molar-refractivity contribution in [2.45, 2.75) is 6.92 Å². The minimum atomic E-state index is 0.626. The van der Waals surface area contributed by atoms with Crippen molar-refractivity contribution in [2.24, 2.45) is 0 Å². The fourth-order valence-electron chi connectivity index (χ4n) is 1.74. The van der Waals surface area contributed by atoms with Crippen LogP contribution < -0.4 is 10.5 Å². The first kappa shape index (κ1) is 10.5. The summed E-state index contributed by atoms with van der Waals surface area (Å²) in [5.74, 6) is 0.751. The van der Waals surface area contributed by atoms with Crippen LogP contribution in [0, 0.1) is 6.92 Å². The van der Waals surface area contributed by atoms with Crippen LogP contribution in [0.1, 0.15) is 11.3 Å². The fourth-order valence-corrected chi connectivity index (χ4v) is 1.74. The molecule has 0 saturated carbocycles. The number of nitrogens with zero attached hydrogens (tertiary/aromatic N) is 1. The van der Waals surface area contributed by atoms with E-state index < -0.39 is 0 Å². The maximum atomic E-state index is 5.95. The lowest BCUT2D eigenvalue weighted by Crippen LogP contribution is -1.95. The molecule has 0 unspecified atom stereocenters. The molecule has 2 aromatic rings. The Bertz CT molecular complexity index is 561. The number of aromatic nitrogens is 1. The van der Waals surface area contributed by atoms with Gasteiger partial charge in [0, 0.05) is 11.5 Å². The van der Waals surface area contributed by atoms with E-state index in [-0.39, 0.29) is 0 Å². The summed E-state index contributed by atoms with van der Waals surface area (Å²) in [6.07, 6.45) is 1.72. The molecule has 0 radical (unpaired) electrons. The number of ether oxygens (including phenoxy) is 1. The first-order valence-electron chi connectivity index (χ1n) is 5.03. The Morgan fingerprint density at radius 3 is 2.75 bits per heavy atom. The van der Waals surface area contributed by atoms with Gasteiger partial charge in [0.1, 0.15) is 5.75 Å². The van der Waals surface area contributed by atoms with Crippen molar-refractivity contribution in [3.63, 3.8) is 0 Å². The Labute approximate surface area is 94.6 Å². The maximum absolute atomic E-state index is 5.95. The molecular formula is C13H14N2O. The number of hydrogen-bond donors (Lipinski definition) is 1. The van der Waals surface area contributed by atoms with Gasteiger partial charge in [0.05, 0.1) is 24.0 Å². The summed E-state index contributed by atoms with van der Waals surface area (Å²) in [7, 11) is 1.63. The Kier molecular flexibility index (Phi) is 2.52. The molecule has 82 valence electrons. The largest absolute Gasteiger partial charge is 0.497 e. The van der Waals surface area contributed by atoms with E-state index in [0.29, 0.717) is 5.69 Å². The number of aryl methyl sites for hydroxylation is 1. The van der Waals surface area contributed by atoms with Crippen LogP contribution in [0.3, 0.4) is 0 Å². The molecule has 0 bridgehead atoms. The molecule has 0 fully saturated rings. The van der Waals surface area contributed by atoms with Gasteiger partial charge in [0.15, 0.2) is 0 Å². The standard InChI is InChI=1S/C13H14N2O/c1-4-9-5-8(2)11-6-10(16-3)7-12(14)13(11)15-9/h4-7H,1,14H2,2-3H3. The molecule has 2 rings (SSSR count). The van der Waals surface area contributed by atoms with Crippen LogP contribution in [0.5, 0.6) is 5.75 Å². The minimum Gasteiger partial charge on any atom is -0.497 e. The monoisotopic (exact) mass is 214 g/mol. The first-order chi connectivity index (χ1) is 7.65. The van der Waals surface area contributed by atoms with E-state index in [4.69, 9.17) is 10.5 Å². The molecule has 1 aromatic heterocycles. The third kappa shape index (κ3) is 1.60. The second-order valence-electron chi connectivity index (χ2n) is 3.68. The number of anilines is 1. The van der Waals surface area contributed by atoms with Gasteiger partial charge in [0.25, 0.3) is 0 Å². The van der Waals surface area contributed by atoms with Gasteiger partial charge in [-0.05, 0) is 30.7 Å². The minimum absolute atomic E-state index is 0.626. The lowest BCUT2D eigenvalue weighted by Gasteiger charge is -2.08. The van der Waals surface area contributed by atoms with E-state index in [2.05, 4.69) is 11.6 Å². The van der Waals surface area contributed by atoms with Gasteiger partial charge in [-0.1, -0.05) is 6.58 Å². The Morgan fingerprint density at radius 1 is 1.38 bits per heavy atom. The Balaban J connectivity index is 2.83. The quantitative estimate of drug-likeness (QED) is 0.782. The van der Waals surface area contributed by atoms with Gasteiger partial charge in [-0.15, -0.1) is 0 Å². The van der Waals surface area contributed by atoms with Crippen LogP contribution in [0.25, 0.3) is 17.0 Å². The summed E-state index contributed by atoms with van der Waals surface area (Å²) >= 11 is 0. The summed E-state index contributed by atoms with van der Waals surface area (Å²) in [4.78, 5) is 4.43. The van der Waals surface area contributed by atoms with Crippen molar-refractivity contribution in [2.75, 3.05) is 12.8 Å². The van der Waals surface area contributed by atoms with Crippen molar-refractivity contribution in [1.29, 1.82) is 0 Å². The van der Waals surface area contributed by atoms with E-state index in [1.165, 1.54) is 0 Å². The molecule has 3 heteroatoms. The number of hydrogen-bond acceptors (Lipinski definition) is 3. The normalized spacial score (nSPS) is 10.4. The highest BCUT2D eigenvalue weighted by Gasteiger charge is 2.06. The van der Waals surface area contributed by atoms with Crippen LogP contribution in [0.15, 0.2) is 24.8 Å². The third-order valence-corrected chi connectivity index (χ3v) is 2.59. The summed E-state index contributed by atoms with van der Waals surface area (Å²) in [6, 6.07) is 5.71. The van der Waals surface area contributed by atoms with Crippen molar-refractivity contribution in [3.05, 3.63) is 36.0 Å². The summed E-state index contributed by atoms with van der Waals surface area (Å²) in [5.41, 5.74) is 9.33. The van der Waals surface area contributed by atoms with Crippen LogP contribution in [0.4, 0.5) is 5.69 Å². The number of rotatable bonds is 2. The number of methoxy groups -OCH3 is 1. The highest BCUT2D eigenvalue weighted by molar-refractivity contribution is 5.93. The van der Waals surface area contributed by atoms with Crippen molar-refractivity contribution < 1.29 is 4.74 Å². The number of pyridine rings is 1. The first-order valence-corrected chi connectivity index (χ1v) is 5.03. The van der Waals surface area contributed by atoms with Crippen LogP contribution in [-0.2, 0) is 0 Å². The summed E-state index contributed by atoms with van der Waals surface area (Å²) < 4.78 is 5.19. The molecule has 0 atom stereocenters. The lowest BCUT2D eigenvalue weighted by atomic mass is 10.1. The zero-order valence-corrected chi connectivity index (χ0v) is 9.45. The van der Waals surface area contributed by atoms with E-state index in [9.17, 15) is 0 Å². The molecule has 0 saturated heterocycles. The molecule has 0 aliphatic heterocycles. The predicted molar refractivity (Wildman–Crippen MR) is 67.5 cm³/mol. The third-order valence-electron chi connectivity index (χ3n) is 2.59. The molecule has 3 nitrogen and oxygen atoms in total. The van der Waals surface area contributed by atoms with Gasteiger partial charge in [-0.2, -0.15) is 0 Å². The number of benzene rings is 1. The average Bonchev–Trinajstić information content (AvgIpc) is 2.29. The zero-order chi connectivity index (χ0) is 11.7. The lowest BCUT2D eigenvalue weighted by molar-refractivity contribution is 0.415. The Hall–Kier alpha value is -2.03. The van der Waals surface area contributed by atoms with Gasteiger partial charge in [-0.25, -0.2) is 4.98 Å². The van der Waals surface area contributed by atoms with Crippen molar-refractivity contribution in [3.8, 4) is 5.75 Å². The molecule has 1 aromatic carbocycles. The van der Waals surface area contributed by atoms with Crippen LogP contribution in [-0.4, -0.2) is 12.1 Å². The van der Waals surface area contributed by atoms with Gasteiger partial charge >= 0.3 is 0 Å². The zero-order valence-electron chi connectivity index (χ0n) is 9.45. The topological polar surface area (TPSA) is 48.1 Å². The van der Waals surface area contributed by atoms with E-state index >= 15 is 0 Å². The average molecular weight is 214 g/mol. The number of fused-ring (bicyclic) bond motifs is 1. The molecule has 1 heterocycles. The smallest absolute Gasteiger partial charge is 0.121 e. The fraction of sp³-hybridized carbons (Fsp3) is 0.154. The molecule has 0 aliphatic carbocycles. The summed E-state index contributed by atoms with van der Waals surface area (Å²) in [6.45, 7) is 5.74. The van der Waals surface area contributed by atoms with Crippen LogP contribution >= 0.6 is 0 Å². The number of nitrogen functional groups attached to an aromatic ring is 1. The number of nitrogens with two attached hydrogens (primary N) is 1. The predicted octanol–water partition coefficient (Wildman–Crippen LogP) is 2.78. The van der Waals surface area contributed by atoms with Crippen molar-refractivity contribution >= 4 is 22.7 Å². The highest BCUT2D eigenvalue weighted by Crippen LogP contribution is 2.28.